The number of hydrogen-bond acceptors (Lipinski definition) is 4. The molecule has 1 heterocycles. The number of rotatable bonds is 2. The average Bonchev–Trinajstić information content (AvgIpc) is 2.93. The van der Waals surface area contributed by atoms with Gasteiger partial charge in [-0.25, -0.2) is 13.6 Å². The molecular formula is C14H11F2NO4. The minimum Gasteiger partial charge on any atom is -0.329 e. The van der Waals surface area contributed by atoms with Crippen molar-refractivity contribution in [2.45, 2.75) is 25.2 Å². The van der Waals surface area contributed by atoms with E-state index in [2.05, 4.69) is 0 Å². The lowest BCUT2D eigenvalue weighted by molar-refractivity contribution is -0.173. The summed E-state index contributed by atoms with van der Waals surface area (Å²) in [6.45, 7) is 0. The van der Waals surface area contributed by atoms with Crippen molar-refractivity contribution in [3.05, 3.63) is 35.4 Å². The number of carbonyl (C=O) groups is 3. The molecule has 1 saturated carbocycles. The highest BCUT2D eigenvalue weighted by atomic mass is 19.2. The molecule has 1 fully saturated rings. The van der Waals surface area contributed by atoms with E-state index in [0.717, 1.165) is 0 Å². The summed E-state index contributed by atoms with van der Waals surface area (Å²) in [5, 5.41) is 0.353. The van der Waals surface area contributed by atoms with Crippen molar-refractivity contribution >= 4 is 17.8 Å². The van der Waals surface area contributed by atoms with Crippen LogP contribution in [-0.2, 0) is 9.63 Å². The lowest BCUT2D eigenvalue weighted by Gasteiger charge is -2.15. The molecule has 0 N–H and O–H groups in total. The van der Waals surface area contributed by atoms with Gasteiger partial charge < -0.3 is 4.84 Å². The van der Waals surface area contributed by atoms with E-state index in [1.165, 1.54) is 12.1 Å². The van der Waals surface area contributed by atoms with Crippen LogP contribution in [0.25, 0.3) is 0 Å². The maximum absolute atomic E-state index is 13.1. The zero-order valence-electron chi connectivity index (χ0n) is 10.8. The van der Waals surface area contributed by atoms with Gasteiger partial charge in [-0.1, -0.05) is 17.2 Å². The fraction of sp³-hybridized carbons (Fsp3) is 0.357. The molecule has 1 aliphatic heterocycles. The zero-order valence-corrected chi connectivity index (χ0v) is 10.8. The fourth-order valence-electron chi connectivity index (χ4n) is 2.54. The molecule has 110 valence electrons. The van der Waals surface area contributed by atoms with E-state index in [1.807, 2.05) is 0 Å². The standard InChI is InChI=1S/C14H11F2NO4/c15-10-5-7(6-11(10)16)14(20)21-17-12(18)8-3-1-2-4-9(8)13(17)19/h1-4,7,10-11H,5-6H2/t10-,11-/m1/s1. The molecule has 5 nitrogen and oxygen atoms in total. The number of halogens is 2. The fourth-order valence-corrected chi connectivity index (χ4v) is 2.54. The number of hydrogen-bond donors (Lipinski definition) is 0. The third-order valence-corrected chi connectivity index (χ3v) is 3.68. The van der Waals surface area contributed by atoms with Gasteiger partial charge in [-0.05, 0) is 25.0 Å². The third kappa shape index (κ3) is 2.18. The molecule has 0 unspecified atom stereocenters. The molecule has 21 heavy (non-hydrogen) atoms. The van der Waals surface area contributed by atoms with E-state index in [0.29, 0.717) is 5.06 Å². The Labute approximate surface area is 118 Å². The maximum atomic E-state index is 13.1. The van der Waals surface area contributed by atoms with Gasteiger partial charge in [0.1, 0.15) is 12.3 Å². The second kappa shape index (κ2) is 4.91. The Morgan fingerprint density at radius 2 is 1.52 bits per heavy atom. The SMILES string of the molecule is O=C(ON1C(=O)c2ccccc2C1=O)C1C[C@@H](F)[C@H](F)C1. The van der Waals surface area contributed by atoms with Crippen molar-refractivity contribution in [3.63, 3.8) is 0 Å². The summed E-state index contributed by atoms with van der Waals surface area (Å²) in [5.74, 6) is -3.46. The summed E-state index contributed by atoms with van der Waals surface area (Å²) in [7, 11) is 0. The smallest absolute Gasteiger partial charge is 0.329 e. The van der Waals surface area contributed by atoms with E-state index in [1.54, 1.807) is 12.1 Å². The van der Waals surface area contributed by atoms with Crippen LogP contribution in [0.2, 0.25) is 0 Å². The van der Waals surface area contributed by atoms with Gasteiger partial charge in [-0.2, -0.15) is 0 Å². The summed E-state index contributed by atoms with van der Waals surface area (Å²) in [4.78, 5) is 40.5. The van der Waals surface area contributed by atoms with Crippen LogP contribution in [0.1, 0.15) is 33.6 Å². The molecule has 0 radical (unpaired) electrons. The van der Waals surface area contributed by atoms with E-state index >= 15 is 0 Å². The minimum atomic E-state index is -1.72. The van der Waals surface area contributed by atoms with Gasteiger partial charge in [0.05, 0.1) is 17.0 Å². The van der Waals surface area contributed by atoms with E-state index < -0.39 is 36.0 Å². The highest BCUT2D eigenvalue weighted by molar-refractivity contribution is 6.20. The van der Waals surface area contributed by atoms with Crippen LogP contribution in [0.15, 0.2) is 24.3 Å². The van der Waals surface area contributed by atoms with Gasteiger partial charge >= 0.3 is 5.97 Å². The molecule has 0 spiro atoms. The first-order valence-electron chi connectivity index (χ1n) is 6.47. The molecule has 7 heteroatoms. The Balaban J connectivity index is 1.74. The Hall–Kier alpha value is -2.31. The summed E-state index contributed by atoms with van der Waals surface area (Å²) < 4.78 is 26.2. The normalized spacial score (nSPS) is 25.3. The number of hydroxylamine groups is 2. The Kier molecular flexibility index (Phi) is 3.19. The van der Waals surface area contributed by atoms with E-state index in [9.17, 15) is 23.2 Å². The molecule has 2 atom stereocenters. The van der Waals surface area contributed by atoms with Crippen LogP contribution in [0.4, 0.5) is 8.78 Å². The van der Waals surface area contributed by atoms with Crippen LogP contribution in [-0.4, -0.2) is 35.2 Å². The van der Waals surface area contributed by atoms with Gasteiger partial charge in [0.15, 0.2) is 0 Å². The predicted octanol–water partition coefficient (Wildman–Crippen LogP) is 1.83. The number of imide groups is 1. The molecular weight excluding hydrogens is 284 g/mol. The first-order valence-corrected chi connectivity index (χ1v) is 6.47. The van der Waals surface area contributed by atoms with Crippen molar-refractivity contribution < 1.29 is 28.0 Å². The number of amides is 2. The lowest BCUT2D eigenvalue weighted by atomic mass is 10.1. The summed E-state index contributed by atoms with van der Waals surface area (Å²) in [6, 6.07) is 6.03. The van der Waals surface area contributed by atoms with Gasteiger partial charge in [-0.15, -0.1) is 0 Å². The van der Waals surface area contributed by atoms with E-state index in [4.69, 9.17) is 4.84 Å². The molecule has 1 aliphatic carbocycles. The molecule has 2 amide bonds. The van der Waals surface area contributed by atoms with Crippen LogP contribution in [0.3, 0.4) is 0 Å². The molecule has 0 saturated heterocycles. The number of benzene rings is 1. The Morgan fingerprint density at radius 3 is 2.00 bits per heavy atom. The van der Waals surface area contributed by atoms with Crippen LogP contribution < -0.4 is 0 Å². The summed E-state index contributed by atoms with van der Waals surface area (Å²) in [5.41, 5.74) is 0.266. The first-order chi connectivity index (χ1) is 9.99. The number of fused-ring (bicyclic) bond motifs is 1. The monoisotopic (exact) mass is 295 g/mol. The topological polar surface area (TPSA) is 63.7 Å². The van der Waals surface area contributed by atoms with Crippen molar-refractivity contribution in [2.24, 2.45) is 5.92 Å². The first kappa shape index (κ1) is 13.7. The van der Waals surface area contributed by atoms with Crippen molar-refractivity contribution in [1.82, 2.24) is 5.06 Å². The van der Waals surface area contributed by atoms with Crippen LogP contribution in [0.5, 0.6) is 0 Å². The second-order valence-corrected chi connectivity index (χ2v) is 5.06. The van der Waals surface area contributed by atoms with Gasteiger partial charge in [0.25, 0.3) is 11.8 Å². The van der Waals surface area contributed by atoms with Crippen molar-refractivity contribution in [1.29, 1.82) is 0 Å². The molecule has 3 rings (SSSR count). The maximum Gasteiger partial charge on any atom is 0.336 e. The lowest BCUT2D eigenvalue weighted by Crippen LogP contribution is -2.34. The number of nitrogens with zero attached hydrogens (tertiary/aromatic N) is 1. The third-order valence-electron chi connectivity index (χ3n) is 3.68. The minimum absolute atomic E-state index is 0.133. The Morgan fingerprint density at radius 1 is 1.05 bits per heavy atom. The van der Waals surface area contributed by atoms with Gasteiger partial charge in [-0.3, -0.25) is 9.59 Å². The van der Waals surface area contributed by atoms with Gasteiger partial charge in [0.2, 0.25) is 0 Å². The highest BCUT2D eigenvalue weighted by Crippen LogP contribution is 2.32. The van der Waals surface area contributed by atoms with Gasteiger partial charge in [0, 0.05) is 0 Å². The Bertz CT molecular complexity index is 588. The number of alkyl halides is 2. The quantitative estimate of drug-likeness (QED) is 0.781. The molecule has 1 aromatic rings. The van der Waals surface area contributed by atoms with Crippen molar-refractivity contribution in [3.8, 4) is 0 Å². The molecule has 2 aliphatic rings. The van der Waals surface area contributed by atoms with Crippen molar-refractivity contribution in [2.75, 3.05) is 0 Å². The molecule has 0 aromatic heterocycles. The largest absolute Gasteiger partial charge is 0.336 e. The molecule has 1 aromatic carbocycles. The average molecular weight is 295 g/mol. The zero-order chi connectivity index (χ0) is 15.1. The summed E-state index contributed by atoms with van der Waals surface area (Å²) in [6.07, 6.45) is -4.04. The highest BCUT2D eigenvalue weighted by Gasteiger charge is 2.43. The predicted molar refractivity (Wildman–Crippen MR) is 65.6 cm³/mol. The number of carbonyl (C=O) groups excluding carboxylic acids is 3. The second-order valence-electron chi connectivity index (χ2n) is 5.06. The van der Waals surface area contributed by atoms with Crippen LogP contribution in [0, 0.1) is 5.92 Å². The van der Waals surface area contributed by atoms with Crippen LogP contribution >= 0.6 is 0 Å². The summed E-state index contributed by atoms with van der Waals surface area (Å²) >= 11 is 0. The molecule has 0 bridgehead atoms. The van der Waals surface area contributed by atoms with E-state index in [-0.39, 0.29) is 24.0 Å².